The first kappa shape index (κ1) is 22.5. The molecule has 3 aromatic carbocycles. The van der Waals surface area contributed by atoms with Crippen molar-refractivity contribution in [3.05, 3.63) is 105 Å². The van der Waals surface area contributed by atoms with Gasteiger partial charge < -0.3 is 4.74 Å². The van der Waals surface area contributed by atoms with Gasteiger partial charge in [0, 0.05) is 22.4 Å². The number of nitrogens with zero attached hydrogens (tertiary/aromatic N) is 1. The Bertz CT molecular complexity index is 1410. The van der Waals surface area contributed by atoms with E-state index < -0.39 is 5.97 Å². The Morgan fingerprint density at radius 1 is 0.939 bits per heavy atom. The van der Waals surface area contributed by atoms with Crippen LogP contribution in [-0.4, -0.2) is 23.4 Å². The highest BCUT2D eigenvalue weighted by molar-refractivity contribution is 6.31. The summed E-state index contributed by atoms with van der Waals surface area (Å²) in [4.78, 5) is 38.6. The summed E-state index contributed by atoms with van der Waals surface area (Å²) >= 11 is 6.29. The van der Waals surface area contributed by atoms with E-state index in [4.69, 9.17) is 16.3 Å². The van der Waals surface area contributed by atoms with E-state index in [2.05, 4.69) is 0 Å². The molecule has 33 heavy (non-hydrogen) atoms. The Morgan fingerprint density at radius 3 is 2.27 bits per heavy atom. The molecule has 0 aliphatic heterocycles. The van der Waals surface area contributed by atoms with Crippen molar-refractivity contribution in [2.24, 2.45) is 0 Å². The zero-order chi connectivity index (χ0) is 23.5. The monoisotopic (exact) mass is 459 g/mol. The zero-order valence-corrected chi connectivity index (χ0v) is 19.1. The van der Waals surface area contributed by atoms with Gasteiger partial charge in [-0.1, -0.05) is 61.0 Å². The fourth-order valence-electron chi connectivity index (χ4n) is 3.97. The van der Waals surface area contributed by atoms with E-state index in [9.17, 15) is 14.4 Å². The number of rotatable bonds is 6. The Hall–Kier alpha value is -3.70. The number of ketones is 1. The lowest BCUT2D eigenvalue weighted by atomic mass is 9.94. The molecular formula is C27H22ClNO4. The van der Waals surface area contributed by atoms with Gasteiger partial charge in [0.2, 0.25) is 0 Å². The van der Waals surface area contributed by atoms with Crippen LogP contribution in [0.3, 0.4) is 0 Å². The van der Waals surface area contributed by atoms with E-state index in [1.54, 1.807) is 49.4 Å². The van der Waals surface area contributed by atoms with Crippen LogP contribution in [-0.2, 0) is 11.3 Å². The summed E-state index contributed by atoms with van der Waals surface area (Å²) in [7, 11) is 1.32. The number of carbonyl (C=O) groups excluding carboxylic acids is 2. The Morgan fingerprint density at radius 2 is 1.64 bits per heavy atom. The van der Waals surface area contributed by atoms with Crippen LogP contribution in [0.5, 0.6) is 0 Å². The zero-order valence-electron chi connectivity index (χ0n) is 18.3. The van der Waals surface area contributed by atoms with E-state index in [0.717, 1.165) is 11.1 Å². The first-order chi connectivity index (χ1) is 15.9. The summed E-state index contributed by atoms with van der Waals surface area (Å²) in [5.41, 5.74) is 2.79. The van der Waals surface area contributed by atoms with Gasteiger partial charge in [-0.25, -0.2) is 4.79 Å². The van der Waals surface area contributed by atoms with E-state index >= 15 is 0 Å². The van der Waals surface area contributed by atoms with Crippen molar-refractivity contribution in [2.45, 2.75) is 19.9 Å². The maximum Gasteiger partial charge on any atom is 0.337 e. The van der Waals surface area contributed by atoms with Crippen molar-refractivity contribution in [3.8, 4) is 11.1 Å². The molecule has 0 N–H and O–H groups in total. The van der Waals surface area contributed by atoms with Crippen molar-refractivity contribution >= 4 is 34.1 Å². The number of carbonyl (C=O) groups is 2. The molecule has 0 bridgehead atoms. The molecule has 1 heterocycles. The number of hydrogen-bond donors (Lipinski definition) is 0. The lowest BCUT2D eigenvalue weighted by molar-refractivity contribution is 0.0600. The minimum absolute atomic E-state index is 0.140. The van der Waals surface area contributed by atoms with Gasteiger partial charge in [0.15, 0.2) is 5.78 Å². The van der Waals surface area contributed by atoms with Crippen molar-refractivity contribution in [2.75, 3.05) is 7.11 Å². The lowest BCUT2D eigenvalue weighted by Crippen LogP contribution is -2.28. The first-order valence-electron chi connectivity index (χ1n) is 10.6. The minimum atomic E-state index is -0.436. The van der Waals surface area contributed by atoms with Crippen LogP contribution in [0.15, 0.2) is 77.6 Å². The molecule has 166 valence electrons. The maximum absolute atomic E-state index is 13.6. The number of hydrogen-bond acceptors (Lipinski definition) is 4. The second-order valence-corrected chi connectivity index (χ2v) is 8.07. The first-order valence-corrected chi connectivity index (χ1v) is 10.9. The molecule has 1 aromatic heterocycles. The number of methoxy groups -OCH3 is 1. The van der Waals surface area contributed by atoms with Crippen molar-refractivity contribution in [3.63, 3.8) is 0 Å². The molecule has 0 spiro atoms. The Kier molecular flexibility index (Phi) is 6.43. The van der Waals surface area contributed by atoms with Gasteiger partial charge in [0.05, 0.1) is 24.9 Å². The van der Waals surface area contributed by atoms with Gasteiger partial charge in [-0.05, 0) is 46.8 Å². The molecule has 0 aliphatic carbocycles. The SMILES string of the molecule is CCC(=O)c1c(-c2ccccc2)c2cc(Cl)ccc2c(=O)n1Cc1ccc(C(=O)OC)cc1. The van der Waals surface area contributed by atoms with Crippen LogP contribution in [0.2, 0.25) is 5.02 Å². The predicted molar refractivity (Wildman–Crippen MR) is 130 cm³/mol. The molecule has 0 saturated carbocycles. The van der Waals surface area contributed by atoms with Crippen LogP contribution in [0, 0.1) is 0 Å². The topological polar surface area (TPSA) is 65.4 Å². The summed E-state index contributed by atoms with van der Waals surface area (Å²) in [5.74, 6) is -0.575. The van der Waals surface area contributed by atoms with Gasteiger partial charge >= 0.3 is 5.97 Å². The third kappa shape index (κ3) is 4.32. The number of aromatic nitrogens is 1. The number of esters is 1. The van der Waals surface area contributed by atoms with Crippen molar-refractivity contribution in [1.29, 1.82) is 0 Å². The normalized spacial score (nSPS) is 10.9. The molecular weight excluding hydrogens is 438 g/mol. The van der Waals surface area contributed by atoms with Gasteiger partial charge in [-0.2, -0.15) is 0 Å². The highest BCUT2D eigenvalue weighted by Crippen LogP contribution is 2.33. The third-order valence-corrected chi connectivity index (χ3v) is 5.83. The van der Waals surface area contributed by atoms with Gasteiger partial charge in [-0.3, -0.25) is 14.2 Å². The van der Waals surface area contributed by atoms with E-state index in [1.807, 2.05) is 30.3 Å². The highest BCUT2D eigenvalue weighted by atomic mass is 35.5. The Labute approximate surface area is 196 Å². The maximum atomic E-state index is 13.6. The van der Waals surface area contributed by atoms with Crippen molar-refractivity contribution in [1.82, 2.24) is 4.57 Å². The number of pyridine rings is 1. The van der Waals surface area contributed by atoms with Crippen LogP contribution in [0.25, 0.3) is 21.9 Å². The second kappa shape index (κ2) is 9.43. The number of fused-ring (bicyclic) bond motifs is 1. The fourth-order valence-corrected chi connectivity index (χ4v) is 4.14. The average molecular weight is 460 g/mol. The smallest absolute Gasteiger partial charge is 0.337 e. The number of halogens is 1. The van der Waals surface area contributed by atoms with E-state index in [0.29, 0.717) is 32.6 Å². The molecule has 0 saturated heterocycles. The molecule has 0 atom stereocenters. The standard InChI is InChI=1S/C27H22ClNO4/c1-3-23(30)25-24(18-7-5-4-6-8-18)22-15-20(28)13-14-21(22)26(31)29(25)16-17-9-11-19(12-10-17)27(32)33-2/h4-15H,3,16H2,1-2H3. The Balaban J connectivity index is 2.00. The molecule has 0 amide bonds. The van der Waals surface area contributed by atoms with Crippen LogP contribution in [0.1, 0.15) is 39.8 Å². The number of benzene rings is 3. The second-order valence-electron chi connectivity index (χ2n) is 7.64. The van der Waals surface area contributed by atoms with E-state index in [1.165, 1.54) is 11.7 Å². The summed E-state index contributed by atoms with van der Waals surface area (Å²) in [6, 6.07) is 21.4. The van der Waals surface area contributed by atoms with Crippen LogP contribution < -0.4 is 5.56 Å². The summed E-state index contributed by atoms with van der Waals surface area (Å²) < 4.78 is 6.28. The molecule has 4 rings (SSSR count). The minimum Gasteiger partial charge on any atom is -0.465 e. The van der Waals surface area contributed by atoms with E-state index in [-0.39, 0.29) is 24.3 Å². The third-order valence-electron chi connectivity index (χ3n) is 5.60. The molecule has 0 unspecified atom stereocenters. The van der Waals surface area contributed by atoms with Crippen LogP contribution in [0.4, 0.5) is 0 Å². The molecule has 4 aromatic rings. The molecule has 6 heteroatoms. The predicted octanol–water partition coefficient (Wildman–Crippen LogP) is 5.75. The highest BCUT2D eigenvalue weighted by Gasteiger charge is 2.23. The fraction of sp³-hybridized carbons (Fsp3) is 0.148. The van der Waals surface area contributed by atoms with Gasteiger partial charge in [0.25, 0.3) is 5.56 Å². The number of ether oxygens (including phenoxy) is 1. The van der Waals surface area contributed by atoms with Crippen LogP contribution >= 0.6 is 11.6 Å². The summed E-state index contributed by atoms with van der Waals surface area (Å²) in [6.45, 7) is 1.96. The quantitative estimate of drug-likeness (QED) is 0.272. The molecule has 5 nitrogen and oxygen atoms in total. The summed E-state index contributed by atoms with van der Waals surface area (Å²) in [6.07, 6.45) is 0.243. The molecule has 0 radical (unpaired) electrons. The molecule has 0 aliphatic rings. The molecule has 0 fully saturated rings. The van der Waals surface area contributed by atoms with Gasteiger partial charge in [0.1, 0.15) is 0 Å². The largest absolute Gasteiger partial charge is 0.465 e. The lowest BCUT2D eigenvalue weighted by Gasteiger charge is -2.19. The average Bonchev–Trinajstić information content (AvgIpc) is 2.85. The van der Waals surface area contributed by atoms with Gasteiger partial charge in [-0.15, -0.1) is 0 Å². The summed E-state index contributed by atoms with van der Waals surface area (Å²) in [5, 5.41) is 1.62. The van der Waals surface area contributed by atoms with Crippen molar-refractivity contribution < 1.29 is 14.3 Å². The number of Topliss-reactive ketones (excluding diaryl/α,β-unsaturated/α-hetero) is 1.